The molecule has 0 unspecified atom stereocenters. The highest BCUT2D eigenvalue weighted by Gasteiger charge is 2.25. The van der Waals surface area contributed by atoms with E-state index in [1.54, 1.807) is 27.0 Å². The first kappa shape index (κ1) is 11.5. The van der Waals surface area contributed by atoms with Crippen molar-refractivity contribution in [1.29, 1.82) is 0 Å². The standard InChI is InChI=1S/C11H12BrFN2O/c1-11(2,16)10-7-4-6(12)5-8(13)9(7)14-15(10)3/h4-5,16H,1-3H3. The average molecular weight is 287 g/mol. The van der Waals surface area contributed by atoms with Gasteiger partial charge in [0.2, 0.25) is 0 Å². The number of aliphatic hydroxyl groups is 1. The zero-order chi connectivity index (χ0) is 12.1. The third-order valence-electron chi connectivity index (χ3n) is 2.44. The normalized spacial score (nSPS) is 12.4. The quantitative estimate of drug-likeness (QED) is 0.875. The van der Waals surface area contributed by atoms with Crippen molar-refractivity contribution in [3.05, 3.63) is 28.1 Å². The van der Waals surface area contributed by atoms with Gasteiger partial charge < -0.3 is 5.11 Å². The number of hydrogen-bond acceptors (Lipinski definition) is 2. The maximum absolute atomic E-state index is 13.6. The lowest BCUT2D eigenvalue weighted by atomic mass is 10.0. The molecular weight excluding hydrogens is 275 g/mol. The zero-order valence-corrected chi connectivity index (χ0v) is 10.8. The topological polar surface area (TPSA) is 38.0 Å². The summed E-state index contributed by atoms with van der Waals surface area (Å²) in [4.78, 5) is 0. The van der Waals surface area contributed by atoms with Gasteiger partial charge in [0.25, 0.3) is 0 Å². The molecule has 0 saturated heterocycles. The van der Waals surface area contributed by atoms with E-state index in [1.807, 2.05) is 0 Å². The van der Waals surface area contributed by atoms with Crippen LogP contribution in [-0.4, -0.2) is 14.9 Å². The molecule has 5 heteroatoms. The second-order valence-corrected chi connectivity index (χ2v) is 5.23. The lowest BCUT2D eigenvalue weighted by Crippen LogP contribution is -2.20. The molecule has 0 spiro atoms. The van der Waals surface area contributed by atoms with Gasteiger partial charge in [0.05, 0.1) is 5.69 Å². The Morgan fingerprint density at radius 3 is 2.62 bits per heavy atom. The van der Waals surface area contributed by atoms with Gasteiger partial charge in [-0.1, -0.05) is 15.9 Å². The SMILES string of the molecule is Cn1nc2c(F)cc(Br)cc2c1C(C)(C)O. The Morgan fingerprint density at radius 1 is 1.44 bits per heavy atom. The molecule has 0 radical (unpaired) electrons. The predicted octanol–water partition coefficient (Wildman–Crippen LogP) is 2.70. The summed E-state index contributed by atoms with van der Waals surface area (Å²) >= 11 is 3.23. The third-order valence-corrected chi connectivity index (χ3v) is 2.89. The second kappa shape index (κ2) is 3.53. The molecule has 1 aromatic heterocycles. The number of hydrogen-bond donors (Lipinski definition) is 1. The maximum atomic E-state index is 13.6. The Bertz CT molecular complexity index is 557. The van der Waals surface area contributed by atoms with Crippen LogP contribution in [-0.2, 0) is 12.6 Å². The number of aryl methyl sites for hydroxylation is 1. The highest BCUT2D eigenvalue weighted by molar-refractivity contribution is 9.10. The molecule has 0 atom stereocenters. The van der Waals surface area contributed by atoms with E-state index in [9.17, 15) is 9.50 Å². The summed E-state index contributed by atoms with van der Waals surface area (Å²) in [5.74, 6) is -0.393. The lowest BCUT2D eigenvalue weighted by molar-refractivity contribution is 0.0711. The smallest absolute Gasteiger partial charge is 0.152 e. The molecule has 0 aliphatic rings. The van der Waals surface area contributed by atoms with Crippen LogP contribution in [0.15, 0.2) is 16.6 Å². The van der Waals surface area contributed by atoms with Gasteiger partial charge in [-0.2, -0.15) is 5.10 Å². The van der Waals surface area contributed by atoms with Crippen molar-refractivity contribution >= 4 is 26.8 Å². The summed E-state index contributed by atoms with van der Waals surface area (Å²) in [6.07, 6.45) is 0. The third kappa shape index (κ3) is 1.74. The van der Waals surface area contributed by atoms with Crippen molar-refractivity contribution in [1.82, 2.24) is 9.78 Å². The van der Waals surface area contributed by atoms with Crippen LogP contribution in [0.4, 0.5) is 4.39 Å². The van der Waals surface area contributed by atoms with Crippen molar-refractivity contribution in [2.75, 3.05) is 0 Å². The number of nitrogens with zero attached hydrogens (tertiary/aromatic N) is 2. The minimum absolute atomic E-state index is 0.280. The van der Waals surface area contributed by atoms with Gasteiger partial charge in [-0.15, -0.1) is 0 Å². The summed E-state index contributed by atoms with van der Waals surface area (Å²) in [7, 11) is 1.70. The van der Waals surface area contributed by atoms with E-state index in [-0.39, 0.29) is 5.52 Å². The summed E-state index contributed by atoms with van der Waals surface area (Å²) in [5.41, 5.74) is -0.179. The van der Waals surface area contributed by atoms with Crippen LogP contribution in [0.3, 0.4) is 0 Å². The average Bonchev–Trinajstić information content (AvgIpc) is 2.40. The maximum Gasteiger partial charge on any atom is 0.152 e. The number of aromatic nitrogens is 2. The lowest BCUT2D eigenvalue weighted by Gasteiger charge is -2.18. The Hall–Kier alpha value is -0.940. The van der Waals surface area contributed by atoms with Gasteiger partial charge in [0, 0.05) is 16.9 Å². The highest BCUT2D eigenvalue weighted by atomic mass is 79.9. The molecule has 0 amide bonds. The van der Waals surface area contributed by atoms with Gasteiger partial charge >= 0.3 is 0 Å². The van der Waals surface area contributed by atoms with Crippen LogP contribution in [0.2, 0.25) is 0 Å². The zero-order valence-electron chi connectivity index (χ0n) is 9.25. The van der Waals surface area contributed by atoms with E-state index >= 15 is 0 Å². The largest absolute Gasteiger partial charge is 0.384 e. The number of rotatable bonds is 1. The first-order valence-electron chi connectivity index (χ1n) is 4.85. The number of fused-ring (bicyclic) bond motifs is 1. The summed E-state index contributed by atoms with van der Waals surface area (Å²) in [6.45, 7) is 3.31. The minimum Gasteiger partial charge on any atom is -0.384 e. The fourth-order valence-electron chi connectivity index (χ4n) is 1.95. The minimum atomic E-state index is -1.06. The first-order chi connectivity index (χ1) is 7.30. The molecule has 16 heavy (non-hydrogen) atoms. The molecule has 2 rings (SSSR count). The van der Waals surface area contributed by atoms with Crippen LogP contribution in [0.25, 0.3) is 10.9 Å². The van der Waals surface area contributed by atoms with Gasteiger partial charge in [-0.25, -0.2) is 4.39 Å². The van der Waals surface area contributed by atoms with Crippen LogP contribution < -0.4 is 0 Å². The molecule has 2 aromatic rings. The Balaban J connectivity index is 2.89. The molecule has 1 heterocycles. The van der Waals surface area contributed by atoms with Crippen molar-refractivity contribution in [3.63, 3.8) is 0 Å². The van der Waals surface area contributed by atoms with Crippen molar-refractivity contribution < 1.29 is 9.50 Å². The summed E-state index contributed by atoms with van der Waals surface area (Å²) in [5, 5.41) is 14.7. The van der Waals surface area contributed by atoms with E-state index in [4.69, 9.17) is 0 Å². The summed E-state index contributed by atoms with van der Waals surface area (Å²) < 4.78 is 15.8. The molecule has 3 nitrogen and oxygen atoms in total. The predicted molar refractivity (Wildman–Crippen MR) is 63.6 cm³/mol. The molecule has 0 fully saturated rings. The molecule has 0 saturated carbocycles. The van der Waals surface area contributed by atoms with Gasteiger partial charge in [0.15, 0.2) is 5.82 Å². The molecule has 0 bridgehead atoms. The van der Waals surface area contributed by atoms with Crippen LogP contribution in [0, 0.1) is 5.82 Å². The monoisotopic (exact) mass is 286 g/mol. The fourth-order valence-corrected chi connectivity index (χ4v) is 2.38. The Labute approximate surface area is 101 Å². The van der Waals surface area contributed by atoms with Crippen molar-refractivity contribution in [3.8, 4) is 0 Å². The molecule has 0 aliphatic carbocycles. The summed E-state index contributed by atoms with van der Waals surface area (Å²) in [6, 6.07) is 3.13. The molecule has 1 aromatic carbocycles. The van der Waals surface area contributed by atoms with E-state index < -0.39 is 11.4 Å². The van der Waals surface area contributed by atoms with Crippen LogP contribution >= 0.6 is 15.9 Å². The molecule has 86 valence electrons. The van der Waals surface area contributed by atoms with E-state index in [1.165, 1.54) is 10.7 Å². The Morgan fingerprint density at radius 2 is 2.06 bits per heavy atom. The highest BCUT2D eigenvalue weighted by Crippen LogP contribution is 2.31. The Kier molecular flexibility index (Phi) is 2.55. The number of benzene rings is 1. The molecule has 1 N–H and O–H groups in total. The molecular formula is C11H12BrFN2O. The second-order valence-electron chi connectivity index (χ2n) is 4.32. The van der Waals surface area contributed by atoms with Crippen LogP contribution in [0.1, 0.15) is 19.5 Å². The fraction of sp³-hybridized carbons (Fsp3) is 0.364. The van der Waals surface area contributed by atoms with E-state index in [0.717, 1.165) is 0 Å². The van der Waals surface area contributed by atoms with E-state index in [0.29, 0.717) is 15.6 Å². The van der Waals surface area contributed by atoms with Crippen molar-refractivity contribution in [2.45, 2.75) is 19.4 Å². The van der Waals surface area contributed by atoms with Gasteiger partial charge in [-0.05, 0) is 26.0 Å². The molecule has 0 aliphatic heterocycles. The first-order valence-corrected chi connectivity index (χ1v) is 5.64. The number of halogens is 2. The van der Waals surface area contributed by atoms with E-state index in [2.05, 4.69) is 21.0 Å². The van der Waals surface area contributed by atoms with Crippen molar-refractivity contribution in [2.24, 2.45) is 7.05 Å². The van der Waals surface area contributed by atoms with Gasteiger partial charge in [0.1, 0.15) is 11.1 Å². The van der Waals surface area contributed by atoms with Crippen LogP contribution in [0.5, 0.6) is 0 Å². The van der Waals surface area contributed by atoms with Gasteiger partial charge in [-0.3, -0.25) is 4.68 Å².